The van der Waals surface area contributed by atoms with Crippen LogP contribution in [0.2, 0.25) is 0 Å². The Morgan fingerprint density at radius 1 is 1.12 bits per heavy atom. The number of anilines is 2. The largest absolute Gasteiger partial charge is 0.396 e. The fourth-order valence-corrected chi connectivity index (χ4v) is 2.00. The Labute approximate surface area is 98.2 Å². The number of carbonyl (C=O) groups is 1. The molecule has 1 saturated heterocycles. The Bertz CT molecular complexity index is 448. The number of hydrogen-bond donors (Lipinski definition) is 1. The van der Waals surface area contributed by atoms with Crippen LogP contribution < -0.4 is 10.6 Å². The zero-order chi connectivity index (χ0) is 12.4. The highest BCUT2D eigenvalue weighted by molar-refractivity contribution is 5.94. The van der Waals surface area contributed by atoms with Gasteiger partial charge in [0.2, 0.25) is 5.91 Å². The predicted molar refractivity (Wildman–Crippen MR) is 61.6 cm³/mol. The molecule has 1 aliphatic heterocycles. The lowest BCUT2D eigenvalue weighted by molar-refractivity contribution is -0.118. The number of benzene rings is 1. The summed E-state index contributed by atoms with van der Waals surface area (Å²) in [6.07, 6.45) is 2.98. The third-order valence-corrected chi connectivity index (χ3v) is 2.93. The third-order valence-electron chi connectivity index (χ3n) is 2.93. The minimum Gasteiger partial charge on any atom is -0.396 e. The van der Waals surface area contributed by atoms with Gasteiger partial charge >= 0.3 is 0 Å². The Morgan fingerprint density at radius 3 is 2.65 bits per heavy atom. The maximum Gasteiger partial charge on any atom is 0.227 e. The van der Waals surface area contributed by atoms with E-state index in [0.717, 1.165) is 25.3 Å². The molecule has 1 amide bonds. The lowest BCUT2D eigenvalue weighted by Crippen LogP contribution is -2.31. The van der Waals surface area contributed by atoms with Crippen LogP contribution in [0.25, 0.3) is 0 Å². The fourth-order valence-electron chi connectivity index (χ4n) is 2.00. The molecule has 2 rings (SSSR count). The Balaban J connectivity index is 2.37. The van der Waals surface area contributed by atoms with Gasteiger partial charge in [-0.25, -0.2) is 8.78 Å². The molecule has 1 aromatic carbocycles. The molecule has 1 aromatic rings. The van der Waals surface area contributed by atoms with Crippen molar-refractivity contribution in [1.29, 1.82) is 0 Å². The molecule has 0 unspecified atom stereocenters. The second-order valence-electron chi connectivity index (χ2n) is 4.18. The van der Waals surface area contributed by atoms with Gasteiger partial charge in [0, 0.05) is 19.0 Å². The van der Waals surface area contributed by atoms with E-state index in [1.54, 1.807) is 0 Å². The van der Waals surface area contributed by atoms with Crippen LogP contribution in [0.4, 0.5) is 20.2 Å². The lowest BCUT2D eigenvalue weighted by Gasteiger charge is -2.21. The van der Waals surface area contributed by atoms with E-state index in [0.29, 0.717) is 13.0 Å². The molecule has 1 heterocycles. The maximum absolute atomic E-state index is 13.6. The molecule has 0 radical (unpaired) electrons. The van der Waals surface area contributed by atoms with Gasteiger partial charge in [-0.3, -0.25) is 4.79 Å². The number of hydrogen-bond acceptors (Lipinski definition) is 2. The average Bonchev–Trinajstić information content (AvgIpc) is 2.49. The van der Waals surface area contributed by atoms with Crippen molar-refractivity contribution < 1.29 is 13.6 Å². The minimum absolute atomic E-state index is 0.0794. The number of nitrogens with two attached hydrogens (primary N) is 1. The van der Waals surface area contributed by atoms with Gasteiger partial charge in [0.1, 0.15) is 11.6 Å². The summed E-state index contributed by atoms with van der Waals surface area (Å²) in [5.74, 6) is -1.67. The molecule has 0 bridgehead atoms. The molecule has 0 saturated carbocycles. The number of carbonyl (C=O) groups excluding carboxylic acids is 1. The van der Waals surface area contributed by atoms with E-state index in [-0.39, 0.29) is 17.3 Å². The van der Waals surface area contributed by atoms with Crippen molar-refractivity contribution >= 4 is 17.3 Å². The lowest BCUT2D eigenvalue weighted by atomic mass is 10.2. The van der Waals surface area contributed by atoms with E-state index in [2.05, 4.69) is 0 Å². The van der Waals surface area contributed by atoms with Crippen molar-refractivity contribution in [1.82, 2.24) is 0 Å². The summed E-state index contributed by atoms with van der Waals surface area (Å²) >= 11 is 0. The second-order valence-corrected chi connectivity index (χ2v) is 4.18. The molecule has 0 atom stereocenters. The van der Waals surface area contributed by atoms with Crippen molar-refractivity contribution in [3.05, 3.63) is 23.8 Å². The summed E-state index contributed by atoms with van der Waals surface area (Å²) in [7, 11) is 0. The summed E-state index contributed by atoms with van der Waals surface area (Å²) in [6, 6.07) is 1.91. The first-order valence-corrected chi connectivity index (χ1v) is 5.64. The van der Waals surface area contributed by atoms with Crippen molar-refractivity contribution in [2.75, 3.05) is 17.2 Å². The monoisotopic (exact) mass is 240 g/mol. The second kappa shape index (κ2) is 4.69. The van der Waals surface area contributed by atoms with E-state index in [9.17, 15) is 13.6 Å². The number of amides is 1. The van der Waals surface area contributed by atoms with Crippen LogP contribution in [0.15, 0.2) is 12.1 Å². The summed E-state index contributed by atoms with van der Waals surface area (Å²) in [6.45, 7) is 0.459. The van der Waals surface area contributed by atoms with Gasteiger partial charge in [-0.1, -0.05) is 6.42 Å². The zero-order valence-electron chi connectivity index (χ0n) is 9.38. The molecule has 0 aromatic heterocycles. The standard InChI is InChI=1S/C12H14F2N2O/c13-8-6-9(14)11(7-10(8)15)16-5-3-1-2-4-12(16)17/h6-7H,1-5,15H2. The molecule has 92 valence electrons. The van der Waals surface area contributed by atoms with E-state index in [1.165, 1.54) is 11.0 Å². The van der Waals surface area contributed by atoms with Crippen LogP contribution in [0, 0.1) is 11.6 Å². The van der Waals surface area contributed by atoms with Gasteiger partial charge in [-0.15, -0.1) is 0 Å². The van der Waals surface area contributed by atoms with Crippen molar-refractivity contribution in [2.45, 2.75) is 25.7 Å². The van der Waals surface area contributed by atoms with Gasteiger partial charge in [-0.05, 0) is 18.9 Å². The molecule has 0 aliphatic carbocycles. The van der Waals surface area contributed by atoms with Gasteiger partial charge in [0.05, 0.1) is 11.4 Å². The van der Waals surface area contributed by atoms with Gasteiger partial charge in [0.25, 0.3) is 0 Å². The van der Waals surface area contributed by atoms with Crippen LogP contribution in [-0.4, -0.2) is 12.5 Å². The molecule has 1 aliphatic rings. The van der Waals surface area contributed by atoms with Crippen molar-refractivity contribution in [3.63, 3.8) is 0 Å². The highest BCUT2D eigenvalue weighted by atomic mass is 19.1. The van der Waals surface area contributed by atoms with Gasteiger partial charge in [-0.2, -0.15) is 0 Å². The van der Waals surface area contributed by atoms with Crippen molar-refractivity contribution in [2.24, 2.45) is 0 Å². The SMILES string of the molecule is Nc1cc(N2CCCCCC2=O)c(F)cc1F. The highest BCUT2D eigenvalue weighted by Crippen LogP contribution is 2.27. The molecular formula is C12H14F2N2O. The maximum atomic E-state index is 13.6. The van der Waals surface area contributed by atoms with E-state index in [4.69, 9.17) is 5.73 Å². The summed E-state index contributed by atoms with van der Waals surface area (Å²) in [5.41, 5.74) is 5.34. The summed E-state index contributed by atoms with van der Waals surface area (Å²) in [5, 5.41) is 0. The normalized spacial score (nSPS) is 17.1. The highest BCUT2D eigenvalue weighted by Gasteiger charge is 2.22. The first kappa shape index (κ1) is 11.8. The zero-order valence-corrected chi connectivity index (χ0v) is 9.38. The first-order chi connectivity index (χ1) is 8.09. The third kappa shape index (κ3) is 2.38. The topological polar surface area (TPSA) is 46.3 Å². The van der Waals surface area contributed by atoms with Crippen LogP contribution in [0.5, 0.6) is 0 Å². The molecule has 3 nitrogen and oxygen atoms in total. The number of nitrogen functional groups attached to an aromatic ring is 1. The molecule has 0 spiro atoms. The van der Waals surface area contributed by atoms with Gasteiger partial charge < -0.3 is 10.6 Å². The molecule has 5 heteroatoms. The Hall–Kier alpha value is -1.65. The van der Waals surface area contributed by atoms with Crippen LogP contribution >= 0.6 is 0 Å². The van der Waals surface area contributed by atoms with E-state index < -0.39 is 11.6 Å². The summed E-state index contributed by atoms with van der Waals surface area (Å²) < 4.78 is 26.7. The molecule has 1 fully saturated rings. The Morgan fingerprint density at radius 2 is 1.88 bits per heavy atom. The van der Waals surface area contributed by atoms with Gasteiger partial charge in [0.15, 0.2) is 0 Å². The van der Waals surface area contributed by atoms with E-state index >= 15 is 0 Å². The van der Waals surface area contributed by atoms with Crippen LogP contribution in [0.3, 0.4) is 0 Å². The first-order valence-electron chi connectivity index (χ1n) is 5.64. The Kier molecular flexibility index (Phi) is 3.26. The fraction of sp³-hybridized carbons (Fsp3) is 0.417. The molecule has 17 heavy (non-hydrogen) atoms. The summed E-state index contributed by atoms with van der Waals surface area (Å²) in [4.78, 5) is 13.1. The van der Waals surface area contributed by atoms with Crippen LogP contribution in [-0.2, 0) is 4.79 Å². The number of rotatable bonds is 1. The molecular weight excluding hydrogens is 226 g/mol. The minimum atomic E-state index is -0.798. The van der Waals surface area contributed by atoms with Crippen molar-refractivity contribution in [3.8, 4) is 0 Å². The predicted octanol–water partition coefficient (Wildman–Crippen LogP) is 2.45. The number of halogens is 2. The smallest absolute Gasteiger partial charge is 0.227 e. The number of nitrogens with zero attached hydrogens (tertiary/aromatic N) is 1. The van der Waals surface area contributed by atoms with E-state index in [1.807, 2.05) is 0 Å². The van der Waals surface area contributed by atoms with Crippen LogP contribution in [0.1, 0.15) is 25.7 Å². The molecule has 2 N–H and O–H groups in total. The quantitative estimate of drug-likeness (QED) is 0.766. The average molecular weight is 240 g/mol.